The third-order valence-corrected chi connectivity index (χ3v) is 6.09. The smallest absolute Gasteiger partial charge is 0.229 e. The highest BCUT2D eigenvalue weighted by atomic mass is 32.1. The summed E-state index contributed by atoms with van der Waals surface area (Å²) in [6, 6.07) is 2.31. The maximum Gasteiger partial charge on any atom is 0.229 e. The molecule has 1 aliphatic heterocycles. The van der Waals surface area contributed by atoms with Crippen LogP contribution in [0.15, 0.2) is 17.6 Å². The fourth-order valence-electron chi connectivity index (χ4n) is 3.90. The summed E-state index contributed by atoms with van der Waals surface area (Å²) in [5, 5.41) is 13.6. The van der Waals surface area contributed by atoms with Crippen molar-refractivity contribution >= 4 is 17.2 Å². The van der Waals surface area contributed by atoms with Crippen molar-refractivity contribution in [3.05, 3.63) is 34.0 Å². The molecule has 2 N–H and O–H groups in total. The van der Waals surface area contributed by atoms with Gasteiger partial charge in [-0.15, -0.1) is 11.3 Å². The number of H-pyrrole nitrogens is 1. The molecule has 1 aliphatic carbocycles. The van der Waals surface area contributed by atoms with Crippen molar-refractivity contribution in [2.45, 2.75) is 45.2 Å². The van der Waals surface area contributed by atoms with Crippen LogP contribution in [0.3, 0.4) is 0 Å². The van der Waals surface area contributed by atoms with E-state index in [1.54, 1.807) is 11.3 Å². The quantitative estimate of drug-likeness (QED) is 0.868. The summed E-state index contributed by atoms with van der Waals surface area (Å²) in [6.07, 6.45) is 5.64. The Hall–Kier alpha value is -1.73. The Morgan fingerprint density at radius 2 is 2.29 bits per heavy atom. The minimum absolute atomic E-state index is 0.164. The first-order valence-electron chi connectivity index (χ1n) is 8.56. The standard InChI is InChI=1S/C17H23N5OS/c1-12-8-13(21-20-12)9-16(23)22(11-15-19-6-7-24-15)14-10-17(14)2-4-18-5-3-17/h6-8,14,18H,2-5,9-11H2,1H3,(H,20,21). The number of aryl methyl sites for hydroxylation is 1. The van der Waals surface area contributed by atoms with Crippen molar-refractivity contribution < 1.29 is 4.79 Å². The molecule has 3 heterocycles. The van der Waals surface area contributed by atoms with Gasteiger partial charge in [-0.2, -0.15) is 5.10 Å². The number of aromatic nitrogens is 3. The molecule has 1 atom stereocenters. The van der Waals surface area contributed by atoms with Crippen LogP contribution in [-0.4, -0.2) is 45.1 Å². The molecule has 2 aromatic heterocycles. The van der Waals surface area contributed by atoms with E-state index < -0.39 is 0 Å². The van der Waals surface area contributed by atoms with Crippen LogP contribution in [0.5, 0.6) is 0 Å². The molecule has 2 aromatic rings. The second kappa shape index (κ2) is 6.29. The van der Waals surface area contributed by atoms with Gasteiger partial charge >= 0.3 is 0 Å². The highest BCUT2D eigenvalue weighted by Gasteiger charge is 2.57. The van der Waals surface area contributed by atoms with E-state index in [1.165, 1.54) is 12.8 Å². The number of thiazole rings is 1. The molecule has 24 heavy (non-hydrogen) atoms. The van der Waals surface area contributed by atoms with Gasteiger partial charge in [0.2, 0.25) is 5.91 Å². The molecule has 0 aromatic carbocycles. The number of hydrogen-bond donors (Lipinski definition) is 2. The van der Waals surface area contributed by atoms with Gasteiger partial charge in [-0.25, -0.2) is 4.98 Å². The van der Waals surface area contributed by atoms with Crippen molar-refractivity contribution in [1.29, 1.82) is 0 Å². The molecule has 1 amide bonds. The van der Waals surface area contributed by atoms with Crippen molar-refractivity contribution in [3.63, 3.8) is 0 Å². The number of nitrogens with zero attached hydrogens (tertiary/aromatic N) is 3. The van der Waals surface area contributed by atoms with E-state index in [0.717, 1.165) is 35.9 Å². The lowest BCUT2D eigenvalue weighted by Gasteiger charge is -2.29. The summed E-state index contributed by atoms with van der Waals surface area (Å²) in [7, 11) is 0. The maximum atomic E-state index is 13.0. The van der Waals surface area contributed by atoms with Gasteiger partial charge in [0, 0.05) is 23.3 Å². The Bertz CT molecular complexity index is 704. The summed E-state index contributed by atoms with van der Waals surface area (Å²) < 4.78 is 0. The van der Waals surface area contributed by atoms with Crippen molar-refractivity contribution in [2.75, 3.05) is 13.1 Å². The van der Waals surface area contributed by atoms with Gasteiger partial charge in [-0.05, 0) is 50.8 Å². The Balaban J connectivity index is 1.51. The SMILES string of the molecule is Cc1cc(CC(=O)N(Cc2nccs2)C2CC23CCNCC3)n[nH]1. The van der Waals surface area contributed by atoms with Crippen LogP contribution in [0.25, 0.3) is 0 Å². The van der Waals surface area contributed by atoms with Crippen LogP contribution >= 0.6 is 11.3 Å². The van der Waals surface area contributed by atoms with Gasteiger partial charge in [0.05, 0.1) is 18.7 Å². The third kappa shape index (κ3) is 3.10. The Morgan fingerprint density at radius 1 is 1.46 bits per heavy atom. The zero-order valence-corrected chi connectivity index (χ0v) is 14.7. The van der Waals surface area contributed by atoms with Gasteiger partial charge < -0.3 is 10.2 Å². The zero-order chi connectivity index (χ0) is 16.6. The normalized spacial score (nSPS) is 21.8. The van der Waals surface area contributed by atoms with E-state index in [9.17, 15) is 4.79 Å². The number of carbonyl (C=O) groups excluding carboxylic acids is 1. The van der Waals surface area contributed by atoms with Crippen LogP contribution < -0.4 is 5.32 Å². The molecule has 2 fully saturated rings. The number of rotatable bonds is 5. The summed E-state index contributed by atoms with van der Waals surface area (Å²) >= 11 is 1.62. The molecule has 1 saturated heterocycles. The average Bonchev–Trinajstić information content (AvgIpc) is 2.96. The first kappa shape index (κ1) is 15.8. The van der Waals surface area contributed by atoms with Crippen LogP contribution in [0.2, 0.25) is 0 Å². The highest BCUT2D eigenvalue weighted by molar-refractivity contribution is 7.09. The Morgan fingerprint density at radius 3 is 2.96 bits per heavy atom. The minimum Gasteiger partial charge on any atom is -0.332 e. The number of amides is 1. The van der Waals surface area contributed by atoms with Gasteiger partial charge in [0.15, 0.2) is 0 Å². The first-order chi connectivity index (χ1) is 11.7. The molecular formula is C17H23N5OS. The van der Waals surface area contributed by atoms with E-state index in [0.29, 0.717) is 24.4 Å². The monoisotopic (exact) mass is 345 g/mol. The highest BCUT2D eigenvalue weighted by Crippen LogP contribution is 2.56. The van der Waals surface area contributed by atoms with Crippen LogP contribution in [0.4, 0.5) is 0 Å². The summed E-state index contributed by atoms with van der Waals surface area (Å²) in [6.45, 7) is 4.71. The van der Waals surface area contributed by atoms with Crippen LogP contribution in [-0.2, 0) is 17.8 Å². The predicted molar refractivity (Wildman–Crippen MR) is 92.6 cm³/mol. The molecule has 0 radical (unpaired) electrons. The molecule has 7 heteroatoms. The molecule has 1 unspecified atom stereocenters. The van der Waals surface area contributed by atoms with Crippen LogP contribution in [0.1, 0.15) is 35.7 Å². The molecule has 1 saturated carbocycles. The lowest BCUT2D eigenvalue weighted by atomic mass is 9.93. The molecule has 128 valence electrons. The van der Waals surface area contributed by atoms with Gasteiger partial charge in [-0.3, -0.25) is 9.89 Å². The molecular weight excluding hydrogens is 322 g/mol. The van der Waals surface area contributed by atoms with E-state index in [-0.39, 0.29) is 5.91 Å². The maximum absolute atomic E-state index is 13.0. The molecule has 2 aliphatic rings. The van der Waals surface area contributed by atoms with E-state index in [2.05, 4.69) is 25.4 Å². The van der Waals surface area contributed by atoms with Crippen molar-refractivity contribution in [2.24, 2.45) is 5.41 Å². The fourth-order valence-corrected chi connectivity index (χ4v) is 4.51. The largest absolute Gasteiger partial charge is 0.332 e. The molecule has 1 spiro atoms. The molecule has 6 nitrogen and oxygen atoms in total. The second-order valence-corrected chi connectivity index (χ2v) is 7.98. The molecule has 0 bridgehead atoms. The lowest BCUT2D eigenvalue weighted by molar-refractivity contribution is -0.132. The lowest BCUT2D eigenvalue weighted by Crippen LogP contribution is -2.39. The van der Waals surface area contributed by atoms with Gasteiger partial charge in [0.25, 0.3) is 0 Å². The van der Waals surface area contributed by atoms with Crippen molar-refractivity contribution in [1.82, 2.24) is 25.4 Å². The Labute approximate surface area is 145 Å². The summed E-state index contributed by atoms with van der Waals surface area (Å²) in [5.74, 6) is 0.164. The first-order valence-corrected chi connectivity index (χ1v) is 9.44. The van der Waals surface area contributed by atoms with E-state index in [1.807, 2.05) is 24.6 Å². The third-order valence-electron chi connectivity index (χ3n) is 5.32. The second-order valence-electron chi connectivity index (χ2n) is 7.00. The minimum atomic E-state index is 0.164. The van der Waals surface area contributed by atoms with Gasteiger partial charge in [0.1, 0.15) is 5.01 Å². The molecule has 4 rings (SSSR count). The number of hydrogen-bond acceptors (Lipinski definition) is 5. The van der Waals surface area contributed by atoms with Crippen LogP contribution in [0, 0.1) is 12.3 Å². The number of aromatic amines is 1. The van der Waals surface area contributed by atoms with E-state index >= 15 is 0 Å². The number of carbonyl (C=O) groups is 1. The summed E-state index contributed by atoms with van der Waals surface area (Å²) in [4.78, 5) is 19.4. The van der Waals surface area contributed by atoms with Gasteiger partial charge in [-0.1, -0.05) is 0 Å². The average molecular weight is 345 g/mol. The number of piperidine rings is 1. The number of nitrogens with one attached hydrogen (secondary N) is 2. The fraction of sp³-hybridized carbons (Fsp3) is 0.588. The zero-order valence-electron chi connectivity index (χ0n) is 13.9. The topological polar surface area (TPSA) is 73.9 Å². The Kier molecular flexibility index (Phi) is 4.14. The predicted octanol–water partition coefficient (Wildman–Crippen LogP) is 1.89. The van der Waals surface area contributed by atoms with Crippen molar-refractivity contribution in [3.8, 4) is 0 Å². The van der Waals surface area contributed by atoms with E-state index in [4.69, 9.17) is 0 Å². The summed E-state index contributed by atoms with van der Waals surface area (Å²) in [5.41, 5.74) is 2.15.